The molecule has 1 unspecified atom stereocenters. The van der Waals surface area contributed by atoms with E-state index in [1.54, 1.807) is 0 Å². The Hall–Kier alpha value is -3.72. The Morgan fingerprint density at radius 3 is 2.36 bits per heavy atom. The molecule has 1 aromatic heterocycles. The molecule has 2 aromatic carbocycles. The molecule has 9 nitrogen and oxygen atoms in total. The molecule has 172 valence electrons. The first-order chi connectivity index (χ1) is 16.1. The van der Waals surface area contributed by atoms with Gasteiger partial charge in [-0.25, -0.2) is 4.79 Å². The molecule has 0 saturated carbocycles. The van der Waals surface area contributed by atoms with E-state index in [0.29, 0.717) is 37.0 Å². The Morgan fingerprint density at radius 1 is 1.00 bits per heavy atom. The second-order valence-electron chi connectivity index (χ2n) is 7.91. The smallest absolute Gasteiger partial charge is 0.319 e. The van der Waals surface area contributed by atoms with Crippen LogP contribution in [0.5, 0.6) is 0 Å². The minimum absolute atomic E-state index is 0.0319. The maximum atomic E-state index is 12.5. The Bertz CT molecular complexity index is 1050. The maximum Gasteiger partial charge on any atom is 0.319 e. The number of hydrogen-bond donors (Lipinski definition) is 2. The summed E-state index contributed by atoms with van der Waals surface area (Å²) in [6.45, 7) is 5.02. The lowest BCUT2D eigenvalue weighted by Crippen LogP contribution is -2.49. The summed E-state index contributed by atoms with van der Waals surface area (Å²) in [7, 11) is 0. The number of piperazine rings is 1. The summed E-state index contributed by atoms with van der Waals surface area (Å²) in [5.74, 6) is 1.18. The van der Waals surface area contributed by atoms with Gasteiger partial charge in [0.1, 0.15) is 0 Å². The van der Waals surface area contributed by atoms with Crippen molar-refractivity contribution in [3.05, 3.63) is 66.6 Å². The van der Waals surface area contributed by atoms with Crippen molar-refractivity contribution in [2.75, 3.05) is 38.0 Å². The first-order valence-corrected chi connectivity index (χ1v) is 11.1. The van der Waals surface area contributed by atoms with Crippen molar-refractivity contribution in [1.82, 2.24) is 25.3 Å². The number of nitrogens with zero attached hydrogens (tertiary/aromatic N) is 4. The number of benzene rings is 2. The second kappa shape index (κ2) is 10.7. The molecule has 1 atom stereocenters. The molecule has 0 radical (unpaired) electrons. The molecule has 1 fully saturated rings. The molecule has 2 N–H and O–H groups in total. The molecule has 33 heavy (non-hydrogen) atoms. The number of amides is 3. The summed E-state index contributed by atoms with van der Waals surface area (Å²) in [6.07, 6.45) is 0.266. The first-order valence-electron chi connectivity index (χ1n) is 11.1. The van der Waals surface area contributed by atoms with E-state index in [-0.39, 0.29) is 24.4 Å². The Balaban J connectivity index is 1.19. The lowest BCUT2D eigenvalue weighted by Gasteiger charge is -2.36. The number of nitrogens with one attached hydrogen (secondary N) is 2. The topological polar surface area (TPSA) is 104 Å². The molecular formula is C24H28N6O3. The molecule has 4 rings (SSSR count). The third kappa shape index (κ3) is 5.95. The van der Waals surface area contributed by atoms with Crippen molar-refractivity contribution in [1.29, 1.82) is 0 Å². The zero-order valence-electron chi connectivity index (χ0n) is 18.6. The van der Waals surface area contributed by atoms with Crippen LogP contribution in [0.15, 0.2) is 65.2 Å². The molecule has 0 bridgehead atoms. The highest BCUT2D eigenvalue weighted by Crippen LogP contribution is 2.23. The second-order valence-corrected chi connectivity index (χ2v) is 7.91. The molecule has 9 heteroatoms. The fraction of sp³-hybridized carbons (Fsp3) is 0.333. The molecule has 3 amide bonds. The van der Waals surface area contributed by atoms with E-state index in [1.807, 2.05) is 72.5 Å². The van der Waals surface area contributed by atoms with E-state index >= 15 is 0 Å². The van der Waals surface area contributed by atoms with Gasteiger partial charge >= 0.3 is 6.03 Å². The fourth-order valence-electron chi connectivity index (χ4n) is 3.76. The number of carbonyl (C=O) groups is 2. The van der Waals surface area contributed by atoms with E-state index in [2.05, 4.69) is 25.7 Å². The van der Waals surface area contributed by atoms with Crippen molar-refractivity contribution in [2.24, 2.45) is 0 Å². The van der Waals surface area contributed by atoms with Crippen LogP contribution in [0.2, 0.25) is 0 Å². The third-order valence-corrected chi connectivity index (χ3v) is 5.70. The monoisotopic (exact) mass is 448 g/mol. The first kappa shape index (κ1) is 22.5. The maximum absolute atomic E-state index is 12.5. The number of rotatable bonds is 7. The van der Waals surface area contributed by atoms with Gasteiger partial charge in [0.2, 0.25) is 17.6 Å². The SMILES string of the molecule is CC(c1nc(-c2ccccc2)no1)N1CCN(C(=O)CCNC(=O)Nc2ccccc2)CC1. The van der Waals surface area contributed by atoms with Gasteiger partial charge in [0.15, 0.2) is 0 Å². The van der Waals surface area contributed by atoms with Gasteiger partial charge in [0, 0.05) is 50.4 Å². The number of para-hydroxylation sites is 1. The van der Waals surface area contributed by atoms with E-state index in [9.17, 15) is 9.59 Å². The number of aromatic nitrogens is 2. The van der Waals surface area contributed by atoms with E-state index in [4.69, 9.17) is 4.52 Å². The van der Waals surface area contributed by atoms with Crippen LogP contribution in [0.25, 0.3) is 11.4 Å². The molecule has 1 saturated heterocycles. The summed E-state index contributed by atoms with van der Waals surface area (Å²) in [5, 5.41) is 9.57. The summed E-state index contributed by atoms with van der Waals surface area (Å²) < 4.78 is 5.50. The van der Waals surface area contributed by atoms with E-state index in [0.717, 1.165) is 18.7 Å². The van der Waals surface area contributed by atoms with Crippen LogP contribution in [-0.4, -0.2) is 64.6 Å². The molecule has 2 heterocycles. The van der Waals surface area contributed by atoms with Crippen molar-refractivity contribution in [2.45, 2.75) is 19.4 Å². The molecule has 0 spiro atoms. The van der Waals surface area contributed by atoms with E-state index in [1.165, 1.54) is 0 Å². The van der Waals surface area contributed by atoms with Gasteiger partial charge in [-0.2, -0.15) is 4.98 Å². The molecule has 0 aliphatic carbocycles. The Morgan fingerprint density at radius 2 is 1.67 bits per heavy atom. The lowest BCUT2D eigenvalue weighted by atomic mass is 10.2. The van der Waals surface area contributed by atoms with Crippen molar-refractivity contribution < 1.29 is 14.1 Å². The normalized spacial score (nSPS) is 15.1. The summed E-state index contributed by atoms with van der Waals surface area (Å²) >= 11 is 0. The number of urea groups is 1. The summed E-state index contributed by atoms with van der Waals surface area (Å²) in [6, 6.07) is 18.6. The highest BCUT2D eigenvalue weighted by Gasteiger charge is 2.27. The minimum Gasteiger partial charge on any atom is -0.340 e. The van der Waals surface area contributed by atoms with Crippen LogP contribution in [-0.2, 0) is 4.79 Å². The van der Waals surface area contributed by atoms with Gasteiger partial charge in [-0.05, 0) is 19.1 Å². The number of carbonyl (C=O) groups excluding carboxylic acids is 2. The molecule has 1 aliphatic heterocycles. The van der Waals surface area contributed by atoms with Crippen molar-refractivity contribution >= 4 is 17.6 Å². The molecule has 1 aliphatic rings. The van der Waals surface area contributed by atoms with Gasteiger partial charge in [-0.1, -0.05) is 53.7 Å². The Labute approximate surface area is 192 Å². The van der Waals surface area contributed by atoms with Gasteiger partial charge in [-0.3, -0.25) is 9.69 Å². The van der Waals surface area contributed by atoms with Gasteiger partial charge in [-0.15, -0.1) is 0 Å². The zero-order chi connectivity index (χ0) is 23.0. The molecular weight excluding hydrogens is 420 g/mol. The largest absolute Gasteiger partial charge is 0.340 e. The van der Waals surface area contributed by atoms with E-state index < -0.39 is 0 Å². The number of hydrogen-bond acceptors (Lipinski definition) is 6. The summed E-state index contributed by atoms with van der Waals surface area (Å²) in [4.78, 5) is 33.1. The summed E-state index contributed by atoms with van der Waals surface area (Å²) in [5.41, 5.74) is 1.63. The van der Waals surface area contributed by atoms with Gasteiger partial charge < -0.3 is 20.1 Å². The van der Waals surface area contributed by atoms with Crippen LogP contribution in [0.4, 0.5) is 10.5 Å². The van der Waals surface area contributed by atoms with Crippen molar-refractivity contribution in [3.63, 3.8) is 0 Å². The highest BCUT2D eigenvalue weighted by molar-refractivity contribution is 5.89. The van der Waals surface area contributed by atoms with Crippen molar-refractivity contribution in [3.8, 4) is 11.4 Å². The van der Waals surface area contributed by atoms with Gasteiger partial charge in [0.25, 0.3) is 0 Å². The number of anilines is 1. The minimum atomic E-state index is -0.318. The van der Waals surface area contributed by atoms with Crippen LogP contribution in [0, 0.1) is 0 Å². The standard InChI is InChI=1S/C24H28N6O3/c1-18(23-27-22(28-33-23)19-8-4-2-5-9-19)29-14-16-30(17-15-29)21(31)12-13-25-24(32)26-20-10-6-3-7-11-20/h2-11,18H,12-17H2,1H3,(H2,25,26,32). The quantitative estimate of drug-likeness (QED) is 0.576. The van der Waals surface area contributed by atoms with Gasteiger partial charge in [0.05, 0.1) is 6.04 Å². The Kier molecular flexibility index (Phi) is 7.31. The van der Waals surface area contributed by atoms with Crippen LogP contribution in [0.3, 0.4) is 0 Å². The van der Waals surface area contributed by atoms with Crippen LogP contribution >= 0.6 is 0 Å². The fourth-order valence-corrected chi connectivity index (χ4v) is 3.76. The predicted octanol–water partition coefficient (Wildman–Crippen LogP) is 3.15. The average molecular weight is 449 g/mol. The highest BCUT2D eigenvalue weighted by atomic mass is 16.5. The predicted molar refractivity (Wildman–Crippen MR) is 124 cm³/mol. The van der Waals surface area contributed by atoms with Crippen LogP contribution in [0.1, 0.15) is 25.3 Å². The molecule has 3 aromatic rings. The van der Waals surface area contributed by atoms with Crippen LogP contribution < -0.4 is 10.6 Å². The third-order valence-electron chi connectivity index (χ3n) is 5.70. The lowest BCUT2D eigenvalue weighted by molar-refractivity contribution is -0.133. The zero-order valence-corrected chi connectivity index (χ0v) is 18.6. The average Bonchev–Trinajstić information content (AvgIpc) is 3.35.